The molecule has 2 aromatic carbocycles. The number of hydrogen-bond acceptors (Lipinski definition) is 3. The van der Waals surface area contributed by atoms with Gasteiger partial charge < -0.3 is 15.4 Å². The Labute approximate surface area is 167 Å². The van der Waals surface area contributed by atoms with E-state index in [0.717, 1.165) is 16.7 Å². The summed E-state index contributed by atoms with van der Waals surface area (Å²) in [6, 6.07) is 12.1. The fraction of sp³-hybridized carbons (Fsp3) is 0.333. The van der Waals surface area contributed by atoms with Crippen LogP contribution in [0.2, 0.25) is 0 Å². The summed E-state index contributed by atoms with van der Waals surface area (Å²) >= 11 is 0. The summed E-state index contributed by atoms with van der Waals surface area (Å²) in [5, 5.41) is 5.25. The van der Waals surface area contributed by atoms with Crippen LogP contribution in [-0.2, 0) is 22.7 Å². The second kappa shape index (κ2) is 10.1. The number of carbonyl (C=O) groups excluding carboxylic acids is 2. The number of benzene rings is 2. The average Bonchev–Trinajstić information content (AvgIpc) is 2.63. The van der Waals surface area contributed by atoms with Crippen LogP contribution in [0.25, 0.3) is 0 Å². The van der Waals surface area contributed by atoms with Gasteiger partial charge in [-0.3, -0.25) is 9.59 Å². The van der Waals surface area contributed by atoms with Gasteiger partial charge in [-0.05, 0) is 37.1 Å². The molecule has 2 amide bonds. The van der Waals surface area contributed by atoms with Crippen molar-refractivity contribution in [2.45, 2.75) is 33.2 Å². The van der Waals surface area contributed by atoms with Gasteiger partial charge in [0.05, 0.1) is 13.2 Å². The van der Waals surface area contributed by atoms with Crippen LogP contribution in [0.15, 0.2) is 42.5 Å². The van der Waals surface area contributed by atoms with Crippen molar-refractivity contribution in [3.8, 4) is 0 Å². The Morgan fingerprint density at radius 3 is 2.10 bits per heavy atom. The van der Waals surface area contributed by atoms with Gasteiger partial charge in [0.1, 0.15) is 6.61 Å². The molecular formula is C21H23F3N2O3. The minimum atomic E-state index is -4.35. The molecule has 0 fully saturated rings. The first-order valence-electron chi connectivity index (χ1n) is 8.98. The summed E-state index contributed by atoms with van der Waals surface area (Å²) in [6.45, 7) is 2.43. The molecule has 0 radical (unpaired) electrons. The number of carbonyl (C=O) groups is 2. The number of nitrogens with one attached hydrogen (secondary N) is 2. The molecule has 2 N–H and O–H groups in total. The fourth-order valence-electron chi connectivity index (χ4n) is 2.67. The monoisotopic (exact) mass is 408 g/mol. The minimum absolute atomic E-state index is 0.142. The number of alkyl halides is 3. The van der Waals surface area contributed by atoms with Crippen LogP contribution in [0.5, 0.6) is 0 Å². The molecule has 5 nitrogen and oxygen atoms in total. The van der Waals surface area contributed by atoms with Crippen LogP contribution in [0.1, 0.15) is 32.6 Å². The Kier molecular flexibility index (Phi) is 7.78. The maximum Gasteiger partial charge on any atom is 0.411 e. The third kappa shape index (κ3) is 8.35. The van der Waals surface area contributed by atoms with Gasteiger partial charge in [0.25, 0.3) is 5.91 Å². The molecule has 0 bridgehead atoms. The summed E-state index contributed by atoms with van der Waals surface area (Å²) in [4.78, 5) is 24.1. The molecule has 156 valence electrons. The zero-order valence-electron chi connectivity index (χ0n) is 16.2. The highest BCUT2D eigenvalue weighted by Gasteiger charge is 2.27. The molecule has 8 heteroatoms. The van der Waals surface area contributed by atoms with Crippen molar-refractivity contribution in [2.24, 2.45) is 0 Å². The topological polar surface area (TPSA) is 67.4 Å². The van der Waals surface area contributed by atoms with Crippen LogP contribution < -0.4 is 10.6 Å². The Balaban J connectivity index is 1.74. The van der Waals surface area contributed by atoms with Gasteiger partial charge in [-0.1, -0.05) is 41.5 Å². The second-order valence-electron chi connectivity index (χ2n) is 6.76. The van der Waals surface area contributed by atoms with Crippen molar-refractivity contribution in [1.29, 1.82) is 0 Å². The Hall–Kier alpha value is -2.87. The number of halogens is 3. The van der Waals surface area contributed by atoms with Crippen LogP contribution in [0, 0.1) is 13.8 Å². The van der Waals surface area contributed by atoms with E-state index in [1.54, 1.807) is 36.4 Å². The van der Waals surface area contributed by atoms with E-state index in [2.05, 4.69) is 15.4 Å². The Morgan fingerprint density at radius 2 is 1.52 bits per heavy atom. The average molecular weight is 408 g/mol. The fourth-order valence-corrected chi connectivity index (χ4v) is 2.67. The molecule has 0 saturated heterocycles. The first-order valence-corrected chi connectivity index (χ1v) is 8.98. The van der Waals surface area contributed by atoms with Gasteiger partial charge in [0.15, 0.2) is 0 Å². The van der Waals surface area contributed by atoms with Gasteiger partial charge in [-0.25, -0.2) is 0 Å². The Bertz CT molecular complexity index is 829. The van der Waals surface area contributed by atoms with E-state index < -0.39 is 12.8 Å². The summed E-state index contributed by atoms with van der Waals surface area (Å²) in [7, 11) is 0. The second-order valence-corrected chi connectivity index (χ2v) is 6.76. The molecular weight excluding hydrogens is 385 g/mol. The summed E-state index contributed by atoms with van der Waals surface area (Å²) in [6.07, 6.45) is -4.35. The van der Waals surface area contributed by atoms with Gasteiger partial charge >= 0.3 is 6.18 Å². The quantitative estimate of drug-likeness (QED) is 0.703. The predicted molar refractivity (Wildman–Crippen MR) is 102 cm³/mol. The lowest BCUT2D eigenvalue weighted by Gasteiger charge is -2.10. The lowest BCUT2D eigenvalue weighted by Crippen LogP contribution is -2.36. The lowest BCUT2D eigenvalue weighted by molar-refractivity contribution is -0.176. The SMILES string of the molecule is Cc1cc(C)cc(C(=O)NCC(=O)NCc2ccc(COCC(F)(F)F)cc2)c1. The highest BCUT2D eigenvalue weighted by Crippen LogP contribution is 2.16. The molecule has 0 aromatic heterocycles. The lowest BCUT2D eigenvalue weighted by atomic mass is 10.1. The van der Waals surface area contributed by atoms with Crippen molar-refractivity contribution in [3.63, 3.8) is 0 Å². The smallest absolute Gasteiger partial charge is 0.367 e. The highest BCUT2D eigenvalue weighted by molar-refractivity contribution is 5.96. The molecule has 0 heterocycles. The molecule has 0 saturated carbocycles. The van der Waals surface area contributed by atoms with Crippen molar-refractivity contribution in [2.75, 3.05) is 13.2 Å². The molecule has 2 rings (SSSR count). The van der Waals surface area contributed by atoms with E-state index in [1.165, 1.54) is 0 Å². The summed E-state index contributed by atoms with van der Waals surface area (Å²) in [5.74, 6) is -0.671. The molecule has 0 atom stereocenters. The standard InChI is InChI=1S/C21H23F3N2O3/c1-14-7-15(2)9-18(8-14)20(28)26-11-19(27)25-10-16-3-5-17(6-4-16)12-29-13-21(22,23)24/h3-9H,10-13H2,1-2H3,(H,25,27)(H,26,28). The predicted octanol–water partition coefficient (Wildman–Crippen LogP) is 3.43. The van der Waals surface area contributed by atoms with Crippen LogP contribution in [-0.4, -0.2) is 31.1 Å². The number of hydrogen-bond donors (Lipinski definition) is 2. The zero-order chi connectivity index (χ0) is 21.4. The molecule has 0 aliphatic heterocycles. The van der Waals surface area contributed by atoms with E-state index in [4.69, 9.17) is 0 Å². The summed E-state index contributed by atoms with van der Waals surface area (Å²) in [5.41, 5.74) is 3.81. The van der Waals surface area contributed by atoms with Crippen molar-refractivity contribution < 1.29 is 27.5 Å². The van der Waals surface area contributed by atoms with Crippen LogP contribution in [0.3, 0.4) is 0 Å². The molecule has 0 aliphatic rings. The van der Waals surface area contributed by atoms with Crippen molar-refractivity contribution in [1.82, 2.24) is 10.6 Å². The van der Waals surface area contributed by atoms with Gasteiger partial charge in [0.2, 0.25) is 5.91 Å². The first-order chi connectivity index (χ1) is 13.6. The van der Waals surface area contributed by atoms with Crippen molar-refractivity contribution >= 4 is 11.8 Å². The number of ether oxygens (including phenoxy) is 1. The zero-order valence-corrected chi connectivity index (χ0v) is 16.2. The highest BCUT2D eigenvalue weighted by atomic mass is 19.4. The van der Waals surface area contributed by atoms with E-state index >= 15 is 0 Å². The van der Waals surface area contributed by atoms with Gasteiger partial charge in [-0.15, -0.1) is 0 Å². The minimum Gasteiger partial charge on any atom is -0.367 e. The van der Waals surface area contributed by atoms with E-state index in [1.807, 2.05) is 19.9 Å². The first kappa shape index (κ1) is 22.4. The van der Waals surface area contributed by atoms with E-state index in [0.29, 0.717) is 11.1 Å². The maximum absolute atomic E-state index is 12.1. The summed E-state index contributed by atoms with van der Waals surface area (Å²) < 4.78 is 40.7. The molecule has 2 aromatic rings. The molecule has 29 heavy (non-hydrogen) atoms. The van der Waals surface area contributed by atoms with E-state index in [9.17, 15) is 22.8 Å². The third-order valence-electron chi connectivity index (χ3n) is 3.94. The molecule has 0 unspecified atom stereocenters. The maximum atomic E-state index is 12.1. The van der Waals surface area contributed by atoms with Gasteiger partial charge in [0, 0.05) is 12.1 Å². The normalized spacial score (nSPS) is 11.2. The van der Waals surface area contributed by atoms with Crippen LogP contribution >= 0.6 is 0 Å². The number of rotatable bonds is 8. The van der Waals surface area contributed by atoms with Gasteiger partial charge in [-0.2, -0.15) is 13.2 Å². The number of amides is 2. The van der Waals surface area contributed by atoms with E-state index in [-0.39, 0.29) is 31.5 Å². The molecule has 0 aliphatic carbocycles. The third-order valence-corrected chi connectivity index (χ3v) is 3.94. The van der Waals surface area contributed by atoms with Crippen LogP contribution in [0.4, 0.5) is 13.2 Å². The van der Waals surface area contributed by atoms with Crippen molar-refractivity contribution in [3.05, 3.63) is 70.3 Å². The molecule has 0 spiro atoms. The Morgan fingerprint density at radius 1 is 0.931 bits per heavy atom. The largest absolute Gasteiger partial charge is 0.411 e. The number of aryl methyl sites for hydroxylation is 2.